The lowest BCUT2D eigenvalue weighted by Gasteiger charge is -2.25. The zero-order valence-corrected chi connectivity index (χ0v) is 17.1. The second-order valence-corrected chi connectivity index (χ2v) is 6.85. The average Bonchev–Trinajstić information content (AvgIpc) is 2.62. The molecule has 1 saturated heterocycles. The Morgan fingerprint density at radius 2 is 1.93 bits per heavy atom. The average molecular weight is 442 g/mol. The first-order valence-corrected chi connectivity index (χ1v) is 8.69. The summed E-state index contributed by atoms with van der Waals surface area (Å²) in [5.74, 6) is 0. The fourth-order valence-electron chi connectivity index (χ4n) is 3.40. The second kappa shape index (κ2) is 8.77. The summed E-state index contributed by atoms with van der Waals surface area (Å²) in [5.41, 5.74) is -0.492. The number of benzene rings is 1. The Morgan fingerprint density at radius 3 is 2.52 bits per heavy atom. The summed E-state index contributed by atoms with van der Waals surface area (Å²) >= 11 is 0. The lowest BCUT2D eigenvalue weighted by Crippen LogP contribution is -2.45. The van der Waals surface area contributed by atoms with E-state index < -0.39 is 10.5 Å². The highest BCUT2D eigenvalue weighted by Crippen LogP contribution is 2.20. The Kier molecular flexibility index (Phi) is 6.90. The van der Waals surface area contributed by atoms with Crippen molar-refractivity contribution in [2.75, 3.05) is 33.7 Å². The number of non-ortho nitro benzene ring substituents is 1. The van der Waals surface area contributed by atoms with Crippen molar-refractivity contribution in [3.8, 4) is 0 Å². The van der Waals surface area contributed by atoms with Crippen molar-refractivity contribution in [3.05, 3.63) is 49.2 Å². The predicted molar refractivity (Wildman–Crippen MR) is 109 cm³/mol. The maximum absolute atomic E-state index is 13.1. The Labute approximate surface area is 166 Å². The van der Waals surface area contributed by atoms with Crippen LogP contribution in [0, 0.1) is 10.1 Å². The zero-order valence-electron chi connectivity index (χ0n) is 15.4. The molecule has 148 valence electrons. The van der Waals surface area contributed by atoms with Gasteiger partial charge in [0.1, 0.15) is 0 Å². The van der Waals surface area contributed by atoms with Gasteiger partial charge in [0.2, 0.25) is 0 Å². The highest BCUT2D eigenvalue weighted by molar-refractivity contribution is 8.93. The summed E-state index contributed by atoms with van der Waals surface area (Å²) in [6.45, 7) is 2.50. The van der Waals surface area contributed by atoms with Crippen molar-refractivity contribution in [1.82, 2.24) is 19.4 Å². The normalized spacial score (nSPS) is 15.1. The fourth-order valence-corrected chi connectivity index (χ4v) is 3.40. The molecule has 0 atom stereocenters. The van der Waals surface area contributed by atoms with E-state index in [1.807, 2.05) is 19.0 Å². The molecule has 2 aromatic rings. The first-order chi connectivity index (χ1) is 12.4. The lowest BCUT2D eigenvalue weighted by atomic mass is 10.1. The van der Waals surface area contributed by atoms with Crippen LogP contribution in [0.2, 0.25) is 0 Å². The van der Waals surface area contributed by atoms with Gasteiger partial charge >= 0.3 is 5.69 Å². The summed E-state index contributed by atoms with van der Waals surface area (Å²) in [5, 5.41) is 14.6. The third-order valence-corrected chi connectivity index (χ3v) is 4.81. The third-order valence-electron chi connectivity index (χ3n) is 4.81. The molecule has 27 heavy (non-hydrogen) atoms. The van der Waals surface area contributed by atoms with Crippen LogP contribution < -0.4 is 16.6 Å². The summed E-state index contributed by atoms with van der Waals surface area (Å²) in [7, 11) is 3.81. The number of piperidine rings is 1. The van der Waals surface area contributed by atoms with Gasteiger partial charge in [0.15, 0.2) is 0 Å². The van der Waals surface area contributed by atoms with E-state index in [9.17, 15) is 19.7 Å². The number of fused-ring (bicyclic) bond motifs is 1. The van der Waals surface area contributed by atoms with Gasteiger partial charge in [0, 0.05) is 31.3 Å². The topological polar surface area (TPSA) is 102 Å². The number of nitrogens with zero attached hydrogens (tertiary/aromatic N) is 4. The number of nitrogens with one attached hydrogen (secondary N) is 1. The van der Waals surface area contributed by atoms with E-state index in [2.05, 4.69) is 5.32 Å². The molecule has 1 aromatic heterocycles. The van der Waals surface area contributed by atoms with Gasteiger partial charge in [-0.25, -0.2) is 4.79 Å². The lowest BCUT2D eigenvalue weighted by molar-refractivity contribution is -0.384. The quantitative estimate of drug-likeness (QED) is 0.551. The molecule has 0 bridgehead atoms. The van der Waals surface area contributed by atoms with Gasteiger partial charge in [-0.15, -0.1) is 17.0 Å². The second-order valence-electron chi connectivity index (χ2n) is 6.85. The SMILES string of the molecule is Br.CN(C)CCn1c(=O)n(C2CCNCC2)c(=O)c2cc([N+](=O)[O-])ccc21. The van der Waals surface area contributed by atoms with Gasteiger partial charge in [-0.05, 0) is 46.1 Å². The molecule has 0 saturated carbocycles. The van der Waals surface area contributed by atoms with Gasteiger partial charge < -0.3 is 10.2 Å². The summed E-state index contributed by atoms with van der Waals surface area (Å²) < 4.78 is 2.85. The Bertz CT molecular complexity index is 947. The number of rotatable bonds is 5. The third kappa shape index (κ3) is 4.28. The first kappa shape index (κ1) is 21.3. The molecule has 0 radical (unpaired) electrons. The standard InChI is InChI=1S/C17H23N5O4.BrH/c1-19(2)9-10-20-15-4-3-13(22(25)26)11-14(15)16(23)21(17(20)24)12-5-7-18-8-6-12;/h3-4,11-12,18H,5-10H2,1-2H3;1H. The van der Waals surface area contributed by atoms with Crippen molar-refractivity contribution in [2.24, 2.45) is 0 Å². The van der Waals surface area contributed by atoms with Gasteiger partial charge in [0.25, 0.3) is 11.2 Å². The Hall–Kier alpha value is -2.04. The van der Waals surface area contributed by atoms with Crippen LogP contribution in [-0.2, 0) is 6.54 Å². The molecule has 0 spiro atoms. The Balaban J connectivity index is 0.00000261. The molecule has 1 aromatic carbocycles. The number of nitro groups is 1. The molecule has 1 aliphatic rings. The zero-order chi connectivity index (χ0) is 18.8. The fraction of sp³-hybridized carbons (Fsp3) is 0.529. The van der Waals surface area contributed by atoms with Crippen LogP contribution in [-0.4, -0.2) is 52.7 Å². The molecule has 1 fully saturated rings. The van der Waals surface area contributed by atoms with E-state index >= 15 is 0 Å². The minimum Gasteiger partial charge on any atom is -0.317 e. The number of likely N-dealkylation sites (N-methyl/N-ethyl adjacent to an activating group) is 1. The van der Waals surface area contributed by atoms with Crippen molar-refractivity contribution in [3.63, 3.8) is 0 Å². The van der Waals surface area contributed by atoms with Crippen LogP contribution in [0.15, 0.2) is 27.8 Å². The molecule has 0 amide bonds. The van der Waals surface area contributed by atoms with Crippen molar-refractivity contribution in [1.29, 1.82) is 0 Å². The van der Waals surface area contributed by atoms with Gasteiger partial charge in [-0.2, -0.15) is 0 Å². The van der Waals surface area contributed by atoms with E-state index in [1.54, 1.807) is 4.57 Å². The van der Waals surface area contributed by atoms with E-state index in [0.29, 0.717) is 31.4 Å². The van der Waals surface area contributed by atoms with Crippen LogP contribution in [0.25, 0.3) is 10.9 Å². The summed E-state index contributed by atoms with van der Waals surface area (Å²) in [6.07, 6.45) is 1.37. The molecule has 9 nitrogen and oxygen atoms in total. The number of hydrogen-bond donors (Lipinski definition) is 1. The van der Waals surface area contributed by atoms with E-state index in [1.165, 1.54) is 22.8 Å². The molecule has 1 N–H and O–H groups in total. The predicted octanol–water partition coefficient (Wildman–Crippen LogP) is 1.14. The highest BCUT2D eigenvalue weighted by Gasteiger charge is 2.23. The largest absolute Gasteiger partial charge is 0.331 e. The maximum Gasteiger partial charge on any atom is 0.331 e. The minimum absolute atomic E-state index is 0. The number of halogens is 1. The number of nitro benzene ring substituents is 1. The van der Waals surface area contributed by atoms with Gasteiger partial charge in [-0.3, -0.25) is 24.0 Å². The minimum atomic E-state index is -0.525. The molecule has 0 aliphatic carbocycles. The molecule has 3 rings (SSSR count). The smallest absolute Gasteiger partial charge is 0.317 e. The summed E-state index contributed by atoms with van der Waals surface area (Å²) in [4.78, 5) is 38.6. The molecule has 2 heterocycles. The summed E-state index contributed by atoms with van der Waals surface area (Å²) in [6, 6.07) is 3.92. The molecule has 0 unspecified atom stereocenters. The molecular formula is C17H24BrN5O4. The van der Waals surface area contributed by atoms with Crippen LogP contribution in [0.4, 0.5) is 5.69 Å². The maximum atomic E-state index is 13.1. The van der Waals surface area contributed by atoms with E-state index in [-0.39, 0.29) is 39.8 Å². The van der Waals surface area contributed by atoms with E-state index in [0.717, 1.165) is 13.1 Å². The van der Waals surface area contributed by atoms with Gasteiger partial charge in [0.05, 0.1) is 15.8 Å². The van der Waals surface area contributed by atoms with Crippen LogP contribution in [0.1, 0.15) is 18.9 Å². The van der Waals surface area contributed by atoms with Crippen molar-refractivity contribution in [2.45, 2.75) is 25.4 Å². The van der Waals surface area contributed by atoms with E-state index in [4.69, 9.17) is 0 Å². The monoisotopic (exact) mass is 441 g/mol. The van der Waals surface area contributed by atoms with Crippen LogP contribution in [0.3, 0.4) is 0 Å². The highest BCUT2D eigenvalue weighted by atomic mass is 79.9. The van der Waals surface area contributed by atoms with Gasteiger partial charge in [-0.1, -0.05) is 0 Å². The van der Waals surface area contributed by atoms with Crippen molar-refractivity contribution >= 4 is 33.6 Å². The van der Waals surface area contributed by atoms with Crippen LogP contribution >= 0.6 is 17.0 Å². The van der Waals surface area contributed by atoms with Crippen molar-refractivity contribution < 1.29 is 4.92 Å². The van der Waals surface area contributed by atoms with Crippen LogP contribution in [0.5, 0.6) is 0 Å². The molecule has 10 heteroatoms. The number of aromatic nitrogens is 2. The molecular weight excluding hydrogens is 418 g/mol. The first-order valence-electron chi connectivity index (χ1n) is 8.69. The number of hydrogen-bond acceptors (Lipinski definition) is 6. The Morgan fingerprint density at radius 1 is 1.26 bits per heavy atom. The molecule has 1 aliphatic heterocycles.